The summed E-state index contributed by atoms with van der Waals surface area (Å²) in [5.74, 6) is 0.322. The van der Waals surface area contributed by atoms with E-state index in [4.69, 9.17) is 0 Å². The lowest BCUT2D eigenvalue weighted by Crippen LogP contribution is -2.23. The Morgan fingerprint density at radius 3 is 2.75 bits per heavy atom. The standard InChI is InChI=1S/C14H11NO/c16-13-7-12-6-5-10-3-1-2-4-11(10)8-14(12)15-9-13/h1-6,8-9,16H,7H2. The molecule has 0 radical (unpaired) electrons. The van der Waals surface area contributed by atoms with E-state index in [2.05, 4.69) is 29.3 Å². The van der Waals surface area contributed by atoms with Gasteiger partial charge in [0.05, 0.1) is 11.9 Å². The van der Waals surface area contributed by atoms with E-state index in [1.54, 1.807) is 0 Å². The van der Waals surface area contributed by atoms with Gasteiger partial charge in [-0.2, -0.15) is 0 Å². The molecule has 78 valence electrons. The quantitative estimate of drug-likeness (QED) is 0.689. The van der Waals surface area contributed by atoms with Crippen LogP contribution in [-0.2, 0) is 0 Å². The van der Waals surface area contributed by atoms with Crippen LogP contribution in [0, 0.1) is 0 Å². The van der Waals surface area contributed by atoms with Crippen molar-refractivity contribution in [1.82, 2.24) is 0 Å². The molecule has 1 heterocycles. The molecule has 0 saturated carbocycles. The average molecular weight is 209 g/mol. The molecule has 0 saturated heterocycles. The minimum Gasteiger partial charge on any atom is -0.510 e. The van der Waals surface area contributed by atoms with Crippen LogP contribution in [0.2, 0.25) is 0 Å². The van der Waals surface area contributed by atoms with Crippen LogP contribution >= 0.6 is 0 Å². The van der Waals surface area contributed by atoms with E-state index in [9.17, 15) is 5.11 Å². The highest BCUT2D eigenvalue weighted by molar-refractivity contribution is 6.22. The molecule has 0 atom stereocenters. The van der Waals surface area contributed by atoms with Gasteiger partial charge >= 0.3 is 0 Å². The smallest absolute Gasteiger partial charge is 0.115 e. The summed E-state index contributed by atoms with van der Waals surface area (Å²) >= 11 is 0. The zero-order valence-corrected chi connectivity index (χ0v) is 8.72. The molecule has 2 heteroatoms. The number of rotatable bonds is 0. The molecule has 1 aliphatic heterocycles. The summed E-state index contributed by atoms with van der Waals surface area (Å²) in [5, 5.41) is 11.8. The third kappa shape index (κ3) is 1.48. The minimum atomic E-state index is 0.322. The van der Waals surface area contributed by atoms with Gasteiger partial charge in [-0.1, -0.05) is 36.4 Å². The molecule has 0 spiro atoms. The summed E-state index contributed by atoms with van der Waals surface area (Å²) < 4.78 is 0. The lowest BCUT2D eigenvalue weighted by molar-refractivity contribution is 0.397. The first-order valence-electron chi connectivity index (χ1n) is 5.27. The van der Waals surface area contributed by atoms with Crippen molar-refractivity contribution in [3.05, 3.63) is 58.3 Å². The van der Waals surface area contributed by atoms with Crippen molar-refractivity contribution < 1.29 is 5.11 Å². The van der Waals surface area contributed by atoms with Crippen LogP contribution in [0.4, 0.5) is 0 Å². The molecule has 1 N–H and O–H groups in total. The number of aliphatic hydroxyl groups is 1. The SMILES string of the molecule is OC1=CN=C2C=c3ccccc3=CC=C2C1. The number of hydrogen-bond donors (Lipinski definition) is 1. The fraction of sp³-hybridized carbons (Fsp3) is 0.0714. The predicted molar refractivity (Wildman–Crippen MR) is 65.5 cm³/mol. The van der Waals surface area contributed by atoms with Crippen LogP contribution in [0.1, 0.15) is 6.42 Å². The number of allylic oxidation sites excluding steroid dienone is 2. The Balaban J connectivity index is 2.27. The molecule has 2 nitrogen and oxygen atoms in total. The molecule has 0 aromatic heterocycles. The van der Waals surface area contributed by atoms with E-state index in [0.29, 0.717) is 12.2 Å². The van der Waals surface area contributed by atoms with Crippen LogP contribution in [-0.4, -0.2) is 10.8 Å². The Kier molecular flexibility index (Phi) is 2.00. The molecule has 1 aromatic carbocycles. The number of nitrogens with zero attached hydrogens (tertiary/aromatic N) is 1. The molecule has 1 aromatic rings. The summed E-state index contributed by atoms with van der Waals surface area (Å²) in [4.78, 5) is 4.25. The van der Waals surface area contributed by atoms with E-state index in [1.807, 2.05) is 18.2 Å². The van der Waals surface area contributed by atoms with Crippen molar-refractivity contribution in [3.63, 3.8) is 0 Å². The maximum absolute atomic E-state index is 9.44. The molecular weight excluding hydrogens is 198 g/mol. The fourth-order valence-electron chi connectivity index (χ4n) is 1.96. The number of aliphatic imine (C=N–C) groups is 1. The Bertz CT molecular complexity index is 648. The van der Waals surface area contributed by atoms with E-state index in [0.717, 1.165) is 11.3 Å². The largest absolute Gasteiger partial charge is 0.510 e. The van der Waals surface area contributed by atoms with Crippen molar-refractivity contribution in [2.24, 2.45) is 4.99 Å². The van der Waals surface area contributed by atoms with Gasteiger partial charge in [-0.3, -0.25) is 4.99 Å². The van der Waals surface area contributed by atoms with Crippen molar-refractivity contribution in [1.29, 1.82) is 0 Å². The Morgan fingerprint density at radius 2 is 1.88 bits per heavy atom. The Hall–Kier alpha value is -2.09. The topological polar surface area (TPSA) is 32.6 Å². The third-order valence-corrected chi connectivity index (χ3v) is 2.81. The maximum Gasteiger partial charge on any atom is 0.115 e. The first kappa shape index (κ1) is 9.16. The number of hydrogen-bond acceptors (Lipinski definition) is 2. The van der Waals surface area contributed by atoms with Crippen LogP contribution in [0.5, 0.6) is 0 Å². The van der Waals surface area contributed by atoms with Gasteiger partial charge in [0.15, 0.2) is 0 Å². The van der Waals surface area contributed by atoms with Crippen LogP contribution < -0.4 is 10.4 Å². The lowest BCUT2D eigenvalue weighted by Gasteiger charge is -2.09. The molecule has 16 heavy (non-hydrogen) atoms. The van der Waals surface area contributed by atoms with Gasteiger partial charge in [0, 0.05) is 6.42 Å². The number of benzene rings is 1. The summed E-state index contributed by atoms with van der Waals surface area (Å²) in [7, 11) is 0. The van der Waals surface area contributed by atoms with E-state index in [1.165, 1.54) is 16.6 Å². The maximum atomic E-state index is 9.44. The number of aliphatic hydroxyl groups excluding tert-OH is 1. The molecule has 0 amide bonds. The highest BCUT2D eigenvalue weighted by Crippen LogP contribution is 2.17. The zero-order valence-electron chi connectivity index (χ0n) is 8.72. The van der Waals surface area contributed by atoms with Gasteiger partial charge in [-0.15, -0.1) is 0 Å². The van der Waals surface area contributed by atoms with E-state index >= 15 is 0 Å². The van der Waals surface area contributed by atoms with Crippen LogP contribution in [0.3, 0.4) is 0 Å². The highest BCUT2D eigenvalue weighted by atomic mass is 16.3. The van der Waals surface area contributed by atoms with E-state index < -0.39 is 0 Å². The minimum absolute atomic E-state index is 0.322. The molecule has 0 bridgehead atoms. The molecule has 3 rings (SSSR count). The number of fused-ring (bicyclic) bond motifs is 2. The average Bonchev–Trinajstić information content (AvgIpc) is 2.48. The second-order valence-electron chi connectivity index (χ2n) is 3.94. The third-order valence-electron chi connectivity index (χ3n) is 2.81. The first-order valence-corrected chi connectivity index (χ1v) is 5.27. The van der Waals surface area contributed by atoms with Gasteiger partial charge in [0.25, 0.3) is 0 Å². The van der Waals surface area contributed by atoms with Gasteiger partial charge in [0.2, 0.25) is 0 Å². The zero-order chi connectivity index (χ0) is 11.0. The molecule has 1 aliphatic carbocycles. The summed E-state index contributed by atoms with van der Waals surface area (Å²) in [6.07, 6.45) is 8.26. The second-order valence-corrected chi connectivity index (χ2v) is 3.94. The predicted octanol–water partition coefficient (Wildman–Crippen LogP) is 1.43. The van der Waals surface area contributed by atoms with E-state index in [-0.39, 0.29) is 0 Å². The molecule has 2 aliphatic rings. The van der Waals surface area contributed by atoms with Gasteiger partial charge in [-0.05, 0) is 22.1 Å². The van der Waals surface area contributed by atoms with Crippen molar-refractivity contribution >= 4 is 17.9 Å². The Labute approximate surface area is 93.3 Å². The fourth-order valence-corrected chi connectivity index (χ4v) is 1.96. The van der Waals surface area contributed by atoms with Gasteiger partial charge in [0.1, 0.15) is 5.76 Å². The molecule has 0 unspecified atom stereocenters. The van der Waals surface area contributed by atoms with Crippen molar-refractivity contribution in [2.75, 3.05) is 0 Å². The monoisotopic (exact) mass is 209 g/mol. The lowest BCUT2D eigenvalue weighted by atomic mass is 10.0. The summed E-state index contributed by atoms with van der Waals surface area (Å²) in [5.41, 5.74) is 2.01. The van der Waals surface area contributed by atoms with Gasteiger partial charge in [-0.25, -0.2) is 0 Å². The molecular formula is C14H11NO. The first-order chi connectivity index (χ1) is 7.83. The van der Waals surface area contributed by atoms with Crippen LogP contribution in [0.25, 0.3) is 12.2 Å². The van der Waals surface area contributed by atoms with Crippen molar-refractivity contribution in [3.8, 4) is 0 Å². The highest BCUT2D eigenvalue weighted by Gasteiger charge is 2.11. The van der Waals surface area contributed by atoms with Crippen LogP contribution in [0.15, 0.2) is 52.9 Å². The van der Waals surface area contributed by atoms with Gasteiger partial charge < -0.3 is 5.11 Å². The normalized spacial score (nSPS) is 17.6. The van der Waals surface area contributed by atoms with Crippen molar-refractivity contribution in [2.45, 2.75) is 6.42 Å². The molecule has 0 fully saturated rings. The summed E-state index contributed by atoms with van der Waals surface area (Å²) in [6.45, 7) is 0. The Morgan fingerprint density at radius 1 is 1.06 bits per heavy atom. The summed E-state index contributed by atoms with van der Waals surface area (Å²) in [6, 6.07) is 8.19. The second kappa shape index (κ2) is 3.49.